The average molecular weight is 269 g/mol. The van der Waals surface area contributed by atoms with E-state index in [9.17, 15) is 13.6 Å². The van der Waals surface area contributed by atoms with Gasteiger partial charge in [0, 0.05) is 25.6 Å². The molecule has 1 aromatic rings. The predicted molar refractivity (Wildman–Crippen MR) is 66.9 cm³/mol. The predicted octanol–water partition coefficient (Wildman–Crippen LogP) is 1.80. The highest BCUT2D eigenvalue weighted by atomic mass is 19.1. The van der Waals surface area contributed by atoms with Crippen LogP contribution in [0.2, 0.25) is 0 Å². The number of morpholine rings is 1. The van der Waals surface area contributed by atoms with Gasteiger partial charge in [-0.25, -0.2) is 8.78 Å². The molecule has 1 heterocycles. The van der Waals surface area contributed by atoms with E-state index in [0.717, 1.165) is 19.2 Å². The van der Waals surface area contributed by atoms with Gasteiger partial charge in [0.15, 0.2) is 5.78 Å². The Hall–Kier alpha value is -1.33. The van der Waals surface area contributed by atoms with E-state index in [1.807, 2.05) is 6.92 Å². The summed E-state index contributed by atoms with van der Waals surface area (Å²) in [6, 6.07) is 3.16. The Morgan fingerprint density at radius 3 is 2.68 bits per heavy atom. The van der Waals surface area contributed by atoms with Gasteiger partial charge in [-0.15, -0.1) is 0 Å². The molecule has 1 fully saturated rings. The first-order valence-electron chi connectivity index (χ1n) is 6.40. The lowest BCUT2D eigenvalue weighted by Crippen LogP contribution is -2.46. The monoisotopic (exact) mass is 269 g/mol. The van der Waals surface area contributed by atoms with Crippen molar-refractivity contribution in [3.8, 4) is 0 Å². The molecular weight excluding hydrogens is 252 g/mol. The zero-order chi connectivity index (χ0) is 13.8. The van der Waals surface area contributed by atoms with Crippen molar-refractivity contribution in [3.05, 3.63) is 35.4 Å². The van der Waals surface area contributed by atoms with Crippen LogP contribution in [-0.4, -0.2) is 43.0 Å². The molecule has 1 aliphatic rings. The van der Waals surface area contributed by atoms with Crippen LogP contribution in [0, 0.1) is 11.6 Å². The van der Waals surface area contributed by atoms with Crippen LogP contribution in [0.4, 0.5) is 8.78 Å². The van der Waals surface area contributed by atoms with Crippen molar-refractivity contribution in [1.82, 2.24) is 4.90 Å². The first kappa shape index (κ1) is 14.1. The fourth-order valence-electron chi connectivity index (χ4n) is 2.21. The molecule has 0 spiro atoms. The van der Waals surface area contributed by atoms with Gasteiger partial charge < -0.3 is 4.74 Å². The fraction of sp³-hybridized carbons (Fsp3) is 0.500. The van der Waals surface area contributed by atoms with Crippen LogP contribution in [0.15, 0.2) is 18.2 Å². The van der Waals surface area contributed by atoms with Crippen LogP contribution in [0.1, 0.15) is 12.5 Å². The number of rotatable bonds is 4. The van der Waals surface area contributed by atoms with Crippen molar-refractivity contribution in [1.29, 1.82) is 0 Å². The Balaban J connectivity index is 2.00. The minimum absolute atomic E-state index is 0.00307. The highest BCUT2D eigenvalue weighted by Crippen LogP contribution is 2.12. The molecule has 0 amide bonds. The van der Waals surface area contributed by atoms with Crippen LogP contribution in [-0.2, 0) is 16.0 Å². The van der Waals surface area contributed by atoms with Gasteiger partial charge in [-0.3, -0.25) is 9.69 Å². The highest BCUT2D eigenvalue weighted by Gasteiger charge is 2.25. The van der Waals surface area contributed by atoms with E-state index in [1.54, 1.807) is 0 Å². The molecule has 0 radical (unpaired) electrons. The molecule has 0 aromatic heterocycles. The second-order valence-electron chi connectivity index (χ2n) is 4.67. The molecule has 19 heavy (non-hydrogen) atoms. The molecule has 0 saturated carbocycles. The van der Waals surface area contributed by atoms with E-state index in [1.165, 1.54) is 12.1 Å². The normalized spacial score (nSPS) is 20.5. The van der Waals surface area contributed by atoms with Gasteiger partial charge in [0.1, 0.15) is 17.7 Å². The van der Waals surface area contributed by atoms with E-state index in [0.29, 0.717) is 18.7 Å². The topological polar surface area (TPSA) is 29.5 Å². The van der Waals surface area contributed by atoms with Gasteiger partial charge in [0.2, 0.25) is 0 Å². The molecule has 0 aliphatic carbocycles. The second kappa shape index (κ2) is 6.21. The summed E-state index contributed by atoms with van der Waals surface area (Å²) in [5.74, 6) is -1.46. The molecule has 104 valence electrons. The summed E-state index contributed by atoms with van der Waals surface area (Å²) in [5.41, 5.74) is 0.347. The van der Waals surface area contributed by atoms with Crippen molar-refractivity contribution in [2.24, 2.45) is 0 Å². The smallest absolute Gasteiger partial charge is 0.167 e. The molecule has 0 N–H and O–H groups in total. The number of likely N-dealkylation sites (N-methyl/N-ethyl adjacent to an activating group) is 1. The van der Waals surface area contributed by atoms with Crippen molar-refractivity contribution < 1.29 is 18.3 Å². The van der Waals surface area contributed by atoms with Crippen molar-refractivity contribution in [2.75, 3.05) is 26.2 Å². The largest absolute Gasteiger partial charge is 0.368 e. The lowest BCUT2D eigenvalue weighted by molar-refractivity contribution is -0.135. The van der Waals surface area contributed by atoms with Gasteiger partial charge in [-0.2, -0.15) is 0 Å². The number of Topliss-reactive ketones (excluding diaryl/α,β-unsaturated/α-hetero) is 1. The Kier molecular flexibility index (Phi) is 4.61. The summed E-state index contributed by atoms with van der Waals surface area (Å²) >= 11 is 0. The number of benzene rings is 1. The Morgan fingerprint density at radius 2 is 2.05 bits per heavy atom. The molecular formula is C14H17F2NO2. The standard InChI is InChI=1S/C14H17F2NO2/c1-2-17-3-4-19-14(9-17)13(18)7-10-5-11(15)8-12(16)6-10/h5-6,8,14H,2-4,7,9H2,1H3. The van der Waals surface area contributed by atoms with E-state index in [2.05, 4.69) is 4.90 Å². The highest BCUT2D eigenvalue weighted by molar-refractivity contribution is 5.85. The number of hydrogen-bond acceptors (Lipinski definition) is 3. The fourth-order valence-corrected chi connectivity index (χ4v) is 2.21. The van der Waals surface area contributed by atoms with E-state index in [-0.39, 0.29) is 12.2 Å². The van der Waals surface area contributed by atoms with Crippen LogP contribution in [0.25, 0.3) is 0 Å². The SMILES string of the molecule is CCN1CCOC(C(=O)Cc2cc(F)cc(F)c2)C1. The zero-order valence-electron chi connectivity index (χ0n) is 10.9. The zero-order valence-corrected chi connectivity index (χ0v) is 10.9. The minimum Gasteiger partial charge on any atom is -0.368 e. The number of carbonyl (C=O) groups is 1. The summed E-state index contributed by atoms with van der Waals surface area (Å²) < 4.78 is 31.5. The van der Waals surface area contributed by atoms with Crippen molar-refractivity contribution >= 4 is 5.78 Å². The first-order chi connectivity index (χ1) is 9.08. The number of halogens is 2. The van der Waals surface area contributed by atoms with Crippen LogP contribution in [0.5, 0.6) is 0 Å². The molecule has 1 atom stereocenters. The third kappa shape index (κ3) is 3.81. The third-order valence-corrected chi connectivity index (χ3v) is 3.26. The minimum atomic E-state index is -0.664. The maximum absolute atomic E-state index is 13.0. The van der Waals surface area contributed by atoms with Crippen molar-refractivity contribution in [2.45, 2.75) is 19.4 Å². The van der Waals surface area contributed by atoms with E-state index < -0.39 is 17.7 Å². The summed E-state index contributed by atoms with van der Waals surface area (Å²) in [6.45, 7) is 4.76. The first-order valence-corrected chi connectivity index (χ1v) is 6.40. The number of hydrogen-bond donors (Lipinski definition) is 0. The number of carbonyl (C=O) groups excluding carboxylic acids is 1. The van der Waals surface area contributed by atoms with E-state index in [4.69, 9.17) is 4.74 Å². The summed E-state index contributed by atoms with van der Waals surface area (Å²) in [6.07, 6.45) is -0.503. The molecule has 3 nitrogen and oxygen atoms in total. The maximum atomic E-state index is 13.0. The van der Waals surface area contributed by atoms with Gasteiger partial charge in [0.05, 0.1) is 6.61 Å². The molecule has 0 bridgehead atoms. The molecule has 1 aromatic carbocycles. The van der Waals surface area contributed by atoms with Gasteiger partial charge >= 0.3 is 0 Å². The Labute approximate surface area is 111 Å². The van der Waals surface area contributed by atoms with Crippen LogP contribution < -0.4 is 0 Å². The molecule has 1 saturated heterocycles. The number of ether oxygens (including phenoxy) is 1. The van der Waals surface area contributed by atoms with Gasteiger partial charge in [0.25, 0.3) is 0 Å². The number of ketones is 1. The lowest BCUT2D eigenvalue weighted by Gasteiger charge is -2.31. The number of nitrogens with zero attached hydrogens (tertiary/aromatic N) is 1. The molecule has 1 aliphatic heterocycles. The van der Waals surface area contributed by atoms with Gasteiger partial charge in [-0.05, 0) is 24.2 Å². The Bertz CT molecular complexity index is 445. The lowest BCUT2D eigenvalue weighted by atomic mass is 10.0. The quantitative estimate of drug-likeness (QED) is 0.834. The van der Waals surface area contributed by atoms with Crippen LogP contribution in [0.3, 0.4) is 0 Å². The van der Waals surface area contributed by atoms with Crippen LogP contribution >= 0.6 is 0 Å². The van der Waals surface area contributed by atoms with E-state index >= 15 is 0 Å². The Morgan fingerprint density at radius 1 is 1.37 bits per heavy atom. The second-order valence-corrected chi connectivity index (χ2v) is 4.67. The average Bonchev–Trinajstić information content (AvgIpc) is 2.37. The summed E-state index contributed by atoms with van der Waals surface area (Å²) in [7, 11) is 0. The summed E-state index contributed by atoms with van der Waals surface area (Å²) in [5, 5.41) is 0. The molecule has 2 rings (SSSR count). The van der Waals surface area contributed by atoms with Crippen molar-refractivity contribution in [3.63, 3.8) is 0 Å². The molecule has 1 unspecified atom stereocenters. The van der Waals surface area contributed by atoms with Gasteiger partial charge in [-0.1, -0.05) is 6.92 Å². The summed E-state index contributed by atoms with van der Waals surface area (Å²) in [4.78, 5) is 14.2. The maximum Gasteiger partial charge on any atom is 0.167 e. The molecule has 5 heteroatoms. The third-order valence-electron chi connectivity index (χ3n) is 3.26.